The van der Waals surface area contributed by atoms with Crippen LogP contribution in [0.3, 0.4) is 0 Å². The van der Waals surface area contributed by atoms with Crippen LogP contribution in [0.25, 0.3) is 0 Å². The molecule has 0 N–H and O–H groups in total. The fourth-order valence-electron chi connectivity index (χ4n) is 1.82. The molecule has 0 aromatic heterocycles. The average Bonchev–Trinajstić information content (AvgIpc) is 2.24. The standard InChI is InChI=1S/C13H14ClNO2/c1-2-6-17-13(16)15-8-11(9-15)10-4-3-5-12(14)7-10/h2-5,7,11H,1,6,8-9H2. The maximum atomic E-state index is 11.5. The summed E-state index contributed by atoms with van der Waals surface area (Å²) in [6, 6.07) is 7.75. The summed E-state index contributed by atoms with van der Waals surface area (Å²) in [6.45, 7) is 5.14. The summed E-state index contributed by atoms with van der Waals surface area (Å²) in [5.74, 6) is 0.366. The van der Waals surface area contributed by atoms with E-state index >= 15 is 0 Å². The van der Waals surface area contributed by atoms with E-state index in [4.69, 9.17) is 16.3 Å². The summed E-state index contributed by atoms with van der Waals surface area (Å²) in [5.41, 5.74) is 1.17. The molecule has 0 unspecified atom stereocenters. The lowest BCUT2D eigenvalue weighted by Gasteiger charge is -2.38. The highest BCUT2D eigenvalue weighted by molar-refractivity contribution is 6.30. The molecule has 1 aromatic rings. The molecule has 1 saturated heterocycles. The molecule has 1 fully saturated rings. The van der Waals surface area contributed by atoms with Crippen molar-refractivity contribution >= 4 is 17.7 Å². The molecular weight excluding hydrogens is 238 g/mol. The maximum Gasteiger partial charge on any atom is 0.410 e. The van der Waals surface area contributed by atoms with Crippen molar-refractivity contribution in [3.63, 3.8) is 0 Å². The number of likely N-dealkylation sites (tertiary alicyclic amines) is 1. The van der Waals surface area contributed by atoms with Gasteiger partial charge in [-0.2, -0.15) is 0 Å². The van der Waals surface area contributed by atoms with Crippen molar-refractivity contribution in [2.24, 2.45) is 0 Å². The van der Waals surface area contributed by atoms with Crippen molar-refractivity contribution in [2.75, 3.05) is 19.7 Å². The highest BCUT2D eigenvalue weighted by Crippen LogP contribution is 2.28. The molecule has 1 aromatic carbocycles. The third-order valence-electron chi connectivity index (χ3n) is 2.78. The summed E-state index contributed by atoms with van der Waals surface area (Å²) in [5, 5.41) is 0.732. The van der Waals surface area contributed by atoms with Crippen LogP contribution < -0.4 is 0 Å². The van der Waals surface area contributed by atoms with Gasteiger partial charge >= 0.3 is 6.09 Å². The Kier molecular flexibility index (Phi) is 3.69. The van der Waals surface area contributed by atoms with Crippen molar-refractivity contribution in [2.45, 2.75) is 5.92 Å². The van der Waals surface area contributed by atoms with Crippen LogP contribution in [-0.2, 0) is 4.74 Å². The Balaban J connectivity index is 1.86. The van der Waals surface area contributed by atoms with Gasteiger partial charge in [0.2, 0.25) is 0 Å². The van der Waals surface area contributed by atoms with E-state index in [0.29, 0.717) is 19.0 Å². The number of hydrogen-bond acceptors (Lipinski definition) is 2. The normalized spacial score (nSPS) is 15.2. The average molecular weight is 252 g/mol. The summed E-state index contributed by atoms with van der Waals surface area (Å²) in [4.78, 5) is 13.1. The number of carbonyl (C=O) groups excluding carboxylic acids is 1. The van der Waals surface area contributed by atoms with Crippen molar-refractivity contribution < 1.29 is 9.53 Å². The van der Waals surface area contributed by atoms with Crippen LogP contribution in [-0.4, -0.2) is 30.7 Å². The van der Waals surface area contributed by atoms with Gasteiger partial charge in [0.05, 0.1) is 0 Å². The zero-order valence-corrected chi connectivity index (χ0v) is 10.2. The molecule has 90 valence electrons. The fourth-order valence-corrected chi connectivity index (χ4v) is 2.02. The topological polar surface area (TPSA) is 29.5 Å². The molecule has 0 aliphatic carbocycles. The SMILES string of the molecule is C=CCOC(=O)N1CC(c2cccc(Cl)c2)C1. The van der Waals surface area contributed by atoms with Gasteiger partial charge in [-0.15, -0.1) is 0 Å². The summed E-state index contributed by atoms with van der Waals surface area (Å²) < 4.78 is 4.95. The van der Waals surface area contributed by atoms with Crippen LogP contribution in [0.15, 0.2) is 36.9 Å². The molecule has 1 amide bonds. The van der Waals surface area contributed by atoms with Gasteiger partial charge in [-0.05, 0) is 17.7 Å². The maximum absolute atomic E-state index is 11.5. The molecule has 2 rings (SSSR count). The van der Waals surface area contributed by atoms with Crippen molar-refractivity contribution in [3.05, 3.63) is 47.5 Å². The third kappa shape index (κ3) is 2.80. The Bertz CT molecular complexity index is 427. The first-order chi connectivity index (χ1) is 8.20. The zero-order valence-electron chi connectivity index (χ0n) is 9.43. The van der Waals surface area contributed by atoms with E-state index in [-0.39, 0.29) is 12.7 Å². The largest absolute Gasteiger partial charge is 0.445 e. The van der Waals surface area contributed by atoms with E-state index in [1.807, 2.05) is 24.3 Å². The first kappa shape index (κ1) is 12.0. The molecule has 0 bridgehead atoms. The monoisotopic (exact) mass is 251 g/mol. The van der Waals surface area contributed by atoms with E-state index in [9.17, 15) is 4.79 Å². The van der Waals surface area contributed by atoms with Gasteiger partial charge < -0.3 is 9.64 Å². The number of rotatable bonds is 3. The molecule has 1 aliphatic heterocycles. The Labute approximate surface area is 106 Å². The molecule has 3 nitrogen and oxygen atoms in total. The lowest BCUT2D eigenvalue weighted by molar-refractivity contribution is 0.0792. The lowest BCUT2D eigenvalue weighted by atomic mass is 9.92. The minimum absolute atomic E-state index is 0.261. The predicted molar refractivity (Wildman–Crippen MR) is 67.3 cm³/mol. The zero-order chi connectivity index (χ0) is 12.3. The molecule has 0 saturated carbocycles. The van der Waals surface area contributed by atoms with Crippen LogP contribution in [0.2, 0.25) is 5.02 Å². The molecule has 1 heterocycles. The summed E-state index contributed by atoms with van der Waals surface area (Å²) >= 11 is 5.92. The minimum atomic E-state index is -0.275. The van der Waals surface area contributed by atoms with Gasteiger partial charge in [0, 0.05) is 24.0 Å². The molecule has 4 heteroatoms. The van der Waals surface area contributed by atoms with Crippen LogP contribution in [0, 0.1) is 0 Å². The Morgan fingerprint density at radius 1 is 1.59 bits per heavy atom. The van der Waals surface area contributed by atoms with Gasteiger partial charge in [0.25, 0.3) is 0 Å². The van der Waals surface area contributed by atoms with E-state index in [1.165, 1.54) is 5.56 Å². The number of nitrogens with zero attached hydrogens (tertiary/aromatic N) is 1. The Hall–Kier alpha value is -1.48. The molecule has 0 atom stereocenters. The number of amides is 1. The molecular formula is C13H14ClNO2. The van der Waals surface area contributed by atoms with Gasteiger partial charge in [0.15, 0.2) is 0 Å². The smallest absolute Gasteiger partial charge is 0.410 e. The van der Waals surface area contributed by atoms with E-state index < -0.39 is 0 Å². The van der Waals surface area contributed by atoms with Gasteiger partial charge in [-0.3, -0.25) is 0 Å². The number of ether oxygens (including phenoxy) is 1. The second-order valence-corrected chi connectivity index (χ2v) is 4.46. The Morgan fingerprint density at radius 3 is 3.00 bits per heavy atom. The van der Waals surface area contributed by atoms with Gasteiger partial charge in [-0.25, -0.2) is 4.79 Å². The first-order valence-corrected chi connectivity index (χ1v) is 5.86. The van der Waals surface area contributed by atoms with Crippen molar-refractivity contribution in [3.8, 4) is 0 Å². The second kappa shape index (κ2) is 5.23. The van der Waals surface area contributed by atoms with Gasteiger partial charge in [0.1, 0.15) is 6.61 Å². The van der Waals surface area contributed by atoms with E-state index in [1.54, 1.807) is 11.0 Å². The summed E-state index contributed by atoms with van der Waals surface area (Å²) in [6.07, 6.45) is 1.29. The fraction of sp³-hybridized carbons (Fsp3) is 0.308. The van der Waals surface area contributed by atoms with Gasteiger partial charge in [-0.1, -0.05) is 36.4 Å². The molecule has 17 heavy (non-hydrogen) atoms. The number of halogens is 1. The quantitative estimate of drug-likeness (QED) is 0.773. The predicted octanol–water partition coefficient (Wildman–Crippen LogP) is 3.06. The van der Waals surface area contributed by atoms with Crippen LogP contribution >= 0.6 is 11.6 Å². The highest BCUT2D eigenvalue weighted by Gasteiger charge is 2.32. The number of hydrogen-bond donors (Lipinski definition) is 0. The number of carbonyl (C=O) groups is 1. The molecule has 0 spiro atoms. The van der Waals surface area contributed by atoms with Crippen molar-refractivity contribution in [1.82, 2.24) is 4.90 Å². The summed E-state index contributed by atoms with van der Waals surface area (Å²) in [7, 11) is 0. The lowest BCUT2D eigenvalue weighted by Crippen LogP contribution is -2.48. The molecule has 1 aliphatic rings. The Morgan fingerprint density at radius 2 is 2.35 bits per heavy atom. The number of benzene rings is 1. The van der Waals surface area contributed by atoms with Crippen molar-refractivity contribution in [1.29, 1.82) is 0 Å². The minimum Gasteiger partial charge on any atom is -0.445 e. The highest BCUT2D eigenvalue weighted by atomic mass is 35.5. The third-order valence-corrected chi connectivity index (χ3v) is 3.02. The second-order valence-electron chi connectivity index (χ2n) is 4.02. The molecule has 0 radical (unpaired) electrons. The van der Waals surface area contributed by atoms with Crippen LogP contribution in [0.4, 0.5) is 4.79 Å². The first-order valence-electron chi connectivity index (χ1n) is 5.49. The van der Waals surface area contributed by atoms with E-state index in [2.05, 4.69) is 6.58 Å². The van der Waals surface area contributed by atoms with Crippen LogP contribution in [0.5, 0.6) is 0 Å². The van der Waals surface area contributed by atoms with Crippen LogP contribution in [0.1, 0.15) is 11.5 Å². The van der Waals surface area contributed by atoms with E-state index in [0.717, 1.165) is 5.02 Å².